The Balaban J connectivity index is 2.98. The molecule has 1 rings (SSSR count). The van der Waals surface area contributed by atoms with E-state index < -0.39 is 0 Å². The van der Waals surface area contributed by atoms with Crippen molar-refractivity contribution in [3.05, 3.63) is 23.8 Å². The summed E-state index contributed by atoms with van der Waals surface area (Å²) in [5.41, 5.74) is 6.37. The molecular weight excluding hydrogens is 262 g/mol. The van der Waals surface area contributed by atoms with Gasteiger partial charge in [0.15, 0.2) is 16.7 Å². The first-order valence-electron chi connectivity index (χ1n) is 5.93. The second-order valence-electron chi connectivity index (χ2n) is 3.61. The third-order valence-electron chi connectivity index (χ3n) is 2.24. The molecule has 0 unspecified atom stereocenters. The molecule has 5 nitrogen and oxygen atoms in total. The molecule has 2 N–H and O–H groups in total. The largest absolute Gasteiger partial charge is 0.493 e. The first kappa shape index (κ1) is 15.4. The lowest BCUT2D eigenvalue weighted by Crippen LogP contribution is -2.04. The van der Waals surface area contributed by atoms with E-state index in [-0.39, 0.29) is 0 Å². The predicted molar refractivity (Wildman–Crippen MR) is 81.5 cm³/mol. The number of methoxy groups -OCH3 is 1. The number of thioether (sulfide) groups is 1. The van der Waals surface area contributed by atoms with Crippen molar-refractivity contribution in [2.45, 2.75) is 13.3 Å². The van der Waals surface area contributed by atoms with Crippen LogP contribution in [0.3, 0.4) is 0 Å². The number of amidine groups is 1. The van der Waals surface area contributed by atoms with Crippen LogP contribution in [0.5, 0.6) is 11.5 Å². The Bertz CT molecular complexity index is 461. The average Bonchev–Trinajstić information content (AvgIpc) is 2.45. The van der Waals surface area contributed by atoms with E-state index in [1.807, 2.05) is 31.4 Å². The third-order valence-corrected chi connectivity index (χ3v) is 2.74. The van der Waals surface area contributed by atoms with E-state index in [1.165, 1.54) is 11.8 Å². The van der Waals surface area contributed by atoms with Crippen molar-refractivity contribution >= 4 is 23.1 Å². The highest BCUT2D eigenvalue weighted by Gasteiger charge is 2.08. The van der Waals surface area contributed by atoms with E-state index >= 15 is 0 Å². The summed E-state index contributed by atoms with van der Waals surface area (Å²) in [6.45, 7) is 2.67. The Morgan fingerprint density at radius 3 is 2.89 bits per heavy atom. The van der Waals surface area contributed by atoms with Crippen molar-refractivity contribution in [2.24, 2.45) is 15.9 Å². The highest BCUT2D eigenvalue weighted by molar-refractivity contribution is 8.13. The first-order valence-corrected chi connectivity index (χ1v) is 7.15. The molecule has 0 aliphatic carbocycles. The van der Waals surface area contributed by atoms with Gasteiger partial charge in [0.05, 0.1) is 19.9 Å². The van der Waals surface area contributed by atoms with Crippen LogP contribution in [-0.2, 0) is 0 Å². The summed E-state index contributed by atoms with van der Waals surface area (Å²) < 4.78 is 11.0. The van der Waals surface area contributed by atoms with Gasteiger partial charge in [-0.25, -0.2) is 0 Å². The fourth-order valence-electron chi connectivity index (χ4n) is 1.34. The molecule has 6 heteroatoms. The number of rotatable bonds is 6. The molecule has 0 aliphatic heterocycles. The van der Waals surface area contributed by atoms with Crippen molar-refractivity contribution in [1.29, 1.82) is 0 Å². The van der Waals surface area contributed by atoms with Crippen LogP contribution >= 0.6 is 11.8 Å². The van der Waals surface area contributed by atoms with Crippen molar-refractivity contribution in [2.75, 3.05) is 20.0 Å². The number of nitrogens with zero attached hydrogens (tertiary/aromatic N) is 2. The van der Waals surface area contributed by atoms with Gasteiger partial charge in [0, 0.05) is 5.56 Å². The maximum atomic E-state index is 5.69. The quantitative estimate of drug-likeness (QED) is 0.494. The number of hydrogen-bond donors (Lipinski definition) is 1. The van der Waals surface area contributed by atoms with Crippen LogP contribution in [0.25, 0.3) is 0 Å². The molecular formula is C13H19N3O2S. The lowest BCUT2D eigenvalue weighted by molar-refractivity contribution is 0.294. The van der Waals surface area contributed by atoms with Gasteiger partial charge in [-0.3, -0.25) is 0 Å². The predicted octanol–water partition coefficient (Wildman–Crippen LogP) is 2.50. The molecule has 0 atom stereocenters. The maximum Gasteiger partial charge on any atom is 0.180 e. The van der Waals surface area contributed by atoms with E-state index in [0.717, 1.165) is 12.0 Å². The van der Waals surface area contributed by atoms with Crippen LogP contribution in [0.15, 0.2) is 28.4 Å². The standard InChI is InChI=1S/C13H19N3O2S/c1-4-8-18-12-10(6-5-7-11(12)17-2)9-15-16-13(14)19-3/h5-7,9H,4,8H2,1-3H3,(H2,14,16)/b15-9-. The molecule has 0 heterocycles. The smallest absolute Gasteiger partial charge is 0.180 e. The number of hydrogen-bond acceptors (Lipinski definition) is 5. The van der Waals surface area contributed by atoms with Gasteiger partial charge < -0.3 is 15.2 Å². The summed E-state index contributed by atoms with van der Waals surface area (Å²) >= 11 is 1.34. The minimum Gasteiger partial charge on any atom is -0.493 e. The topological polar surface area (TPSA) is 69.2 Å². The van der Waals surface area contributed by atoms with Gasteiger partial charge in [-0.15, -0.1) is 5.10 Å². The van der Waals surface area contributed by atoms with E-state index in [4.69, 9.17) is 15.2 Å². The minimum absolute atomic E-state index is 0.412. The van der Waals surface area contributed by atoms with Crippen molar-refractivity contribution < 1.29 is 9.47 Å². The fraction of sp³-hybridized carbons (Fsp3) is 0.385. The summed E-state index contributed by atoms with van der Waals surface area (Å²) in [5.74, 6) is 1.35. The Kier molecular flexibility index (Phi) is 6.81. The van der Waals surface area contributed by atoms with Gasteiger partial charge in [-0.1, -0.05) is 24.8 Å². The average molecular weight is 281 g/mol. The summed E-state index contributed by atoms with van der Waals surface area (Å²) in [7, 11) is 1.61. The van der Waals surface area contributed by atoms with Gasteiger partial charge in [-0.05, 0) is 24.8 Å². The molecule has 1 aromatic carbocycles. The zero-order valence-corrected chi connectivity index (χ0v) is 12.2. The molecule has 19 heavy (non-hydrogen) atoms. The molecule has 0 bridgehead atoms. The fourth-order valence-corrected chi connectivity index (χ4v) is 1.47. The van der Waals surface area contributed by atoms with E-state index in [9.17, 15) is 0 Å². The van der Waals surface area contributed by atoms with Gasteiger partial charge in [0.25, 0.3) is 0 Å². The normalized spacial score (nSPS) is 11.8. The first-order chi connectivity index (χ1) is 9.22. The number of nitrogens with two attached hydrogens (primary N) is 1. The number of ether oxygens (including phenoxy) is 2. The molecule has 0 aliphatic rings. The van der Waals surface area contributed by atoms with Crippen LogP contribution in [-0.4, -0.2) is 31.4 Å². The molecule has 0 saturated heterocycles. The lowest BCUT2D eigenvalue weighted by Gasteiger charge is -2.12. The minimum atomic E-state index is 0.412. The van der Waals surface area contributed by atoms with E-state index in [0.29, 0.717) is 23.3 Å². The maximum absolute atomic E-state index is 5.69. The van der Waals surface area contributed by atoms with Crippen molar-refractivity contribution in [3.63, 3.8) is 0 Å². The zero-order chi connectivity index (χ0) is 14.1. The molecule has 1 aromatic rings. The molecule has 0 amide bonds. The lowest BCUT2D eigenvalue weighted by atomic mass is 10.2. The summed E-state index contributed by atoms with van der Waals surface area (Å²) in [5, 5.41) is 8.20. The van der Waals surface area contributed by atoms with E-state index in [1.54, 1.807) is 13.3 Å². The molecule has 104 valence electrons. The monoisotopic (exact) mass is 281 g/mol. The Hall–Kier alpha value is -1.69. The second-order valence-corrected chi connectivity index (χ2v) is 4.44. The van der Waals surface area contributed by atoms with Crippen molar-refractivity contribution in [3.8, 4) is 11.5 Å². The van der Waals surface area contributed by atoms with E-state index in [2.05, 4.69) is 10.2 Å². The Morgan fingerprint density at radius 2 is 2.26 bits per heavy atom. The zero-order valence-electron chi connectivity index (χ0n) is 11.4. The molecule has 0 radical (unpaired) electrons. The Labute approximate surface area is 117 Å². The van der Waals surface area contributed by atoms with Crippen LogP contribution in [0.1, 0.15) is 18.9 Å². The van der Waals surface area contributed by atoms with Crippen LogP contribution in [0.4, 0.5) is 0 Å². The highest BCUT2D eigenvalue weighted by Crippen LogP contribution is 2.30. The highest BCUT2D eigenvalue weighted by atomic mass is 32.2. The van der Waals surface area contributed by atoms with Gasteiger partial charge in [0.1, 0.15) is 0 Å². The van der Waals surface area contributed by atoms with Gasteiger partial charge >= 0.3 is 0 Å². The SMILES string of the molecule is CCCOc1c(/C=N\N=C(/N)SC)cccc1OC. The molecule has 0 aromatic heterocycles. The summed E-state index contributed by atoms with van der Waals surface area (Å²) in [6, 6.07) is 5.62. The summed E-state index contributed by atoms with van der Waals surface area (Å²) in [6.07, 6.45) is 4.37. The molecule has 0 saturated carbocycles. The number of benzene rings is 1. The van der Waals surface area contributed by atoms with Gasteiger partial charge in [-0.2, -0.15) is 5.10 Å². The number of para-hydroxylation sites is 1. The molecule has 0 spiro atoms. The van der Waals surface area contributed by atoms with Crippen LogP contribution in [0.2, 0.25) is 0 Å². The second kappa shape index (κ2) is 8.42. The van der Waals surface area contributed by atoms with Crippen molar-refractivity contribution in [1.82, 2.24) is 0 Å². The molecule has 0 fully saturated rings. The van der Waals surface area contributed by atoms with Gasteiger partial charge in [0.2, 0.25) is 0 Å². The van der Waals surface area contributed by atoms with Crippen LogP contribution in [0, 0.1) is 0 Å². The van der Waals surface area contributed by atoms with Crippen LogP contribution < -0.4 is 15.2 Å². The third kappa shape index (κ3) is 4.82. The Morgan fingerprint density at radius 1 is 1.47 bits per heavy atom. The summed E-state index contributed by atoms with van der Waals surface area (Å²) in [4.78, 5) is 0.